The van der Waals surface area contributed by atoms with Gasteiger partial charge in [-0.25, -0.2) is 17.7 Å². The molecule has 0 N–H and O–H groups in total. The molecule has 0 fully saturated rings. The Morgan fingerprint density at radius 2 is 1.55 bits per heavy atom. The zero-order valence-electron chi connectivity index (χ0n) is 14.5. The fourth-order valence-corrected chi connectivity index (χ4v) is 2.10. The van der Waals surface area contributed by atoms with E-state index in [-0.39, 0.29) is 30.2 Å². The van der Waals surface area contributed by atoms with Crippen molar-refractivity contribution < 1.29 is 48.1 Å². The van der Waals surface area contributed by atoms with E-state index in [2.05, 4.69) is 39.9 Å². The van der Waals surface area contributed by atoms with Gasteiger partial charge in [0.1, 0.15) is 0 Å². The van der Waals surface area contributed by atoms with Crippen LogP contribution in [0.25, 0.3) is 0 Å². The Kier molecular flexibility index (Phi) is 22.2. The van der Waals surface area contributed by atoms with Crippen molar-refractivity contribution in [3.63, 3.8) is 0 Å². The van der Waals surface area contributed by atoms with Gasteiger partial charge in [0.15, 0.2) is 0 Å². The van der Waals surface area contributed by atoms with Crippen molar-refractivity contribution in [2.75, 3.05) is 0 Å². The van der Waals surface area contributed by atoms with Crippen molar-refractivity contribution >= 4 is 5.43 Å². The van der Waals surface area contributed by atoms with E-state index >= 15 is 0 Å². The van der Waals surface area contributed by atoms with Crippen molar-refractivity contribution in [3.8, 4) is 0 Å². The molecule has 2 rings (SSSR count). The molecule has 1 aliphatic rings. The maximum absolute atomic E-state index is 3.45. The topological polar surface area (TPSA) is 0 Å². The second kappa shape index (κ2) is 17.9. The summed E-state index contributed by atoms with van der Waals surface area (Å²) >= 11 is 1.74. The third kappa shape index (κ3) is 13.0. The molecular formula is C18H28Cl2SiZr-2. The molecule has 0 nitrogen and oxygen atoms in total. The minimum Gasteiger partial charge on any atom is -1.00 e. The molecule has 4 heteroatoms. The van der Waals surface area contributed by atoms with Gasteiger partial charge in [0.25, 0.3) is 0 Å². The number of rotatable bonds is 3. The average molecular weight is 435 g/mol. The summed E-state index contributed by atoms with van der Waals surface area (Å²) in [7, 11) is 0. The third-order valence-corrected chi connectivity index (χ3v) is 3.00. The van der Waals surface area contributed by atoms with Crippen molar-refractivity contribution in [1.29, 1.82) is 0 Å². The predicted octanol–water partition coefficient (Wildman–Crippen LogP) is -0.156. The van der Waals surface area contributed by atoms with Crippen molar-refractivity contribution in [1.82, 2.24) is 0 Å². The molecule has 0 aliphatic heterocycles. The number of allylic oxidation sites excluding steroid dienone is 4. The van der Waals surface area contributed by atoms with E-state index in [1.165, 1.54) is 18.4 Å². The first kappa shape index (κ1) is 27.4. The van der Waals surface area contributed by atoms with Crippen LogP contribution >= 0.6 is 0 Å². The SMILES string of the molecule is CCC1=[C-]CC(CC)=C1CC.C[Si](C)=[Zr+2].[Cl-].[Cl-].c1cc[cH-]c1. The van der Waals surface area contributed by atoms with Gasteiger partial charge >= 0.3 is 41.9 Å². The van der Waals surface area contributed by atoms with Crippen LogP contribution < -0.4 is 24.8 Å². The molecule has 1 aromatic rings. The van der Waals surface area contributed by atoms with Crippen LogP contribution in [-0.2, 0) is 23.3 Å². The molecule has 0 saturated heterocycles. The van der Waals surface area contributed by atoms with Gasteiger partial charge in [-0.3, -0.25) is 6.08 Å². The van der Waals surface area contributed by atoms with Crippen LogP contribution in [0.1, 0.15) is 46.5 Å². The summed E-state index contributed by atoms with van der Waals surface area (Å²) < 4.78 is 0. The summed E-state index contributed by atoms with van der Waals surface area (Å²) in [6, 6.07) is 10.0. The Balaban J connectivity index is -0.000000278. The van der Waals surface area contributed by atoms with Crippen LogP contribution in [-0.4, -0.2) is 5.43 Å². The summed E-state index contributed by atoms with van der Waals surface area (Å²) in [6.45, 7) is 11.3. The summed E-state index contributed by atoms with van der Waals surface area (Å²) in [5.41, 5.74) is 4.89. The standard InChI is InChI=1S/C11H17.C5H5.C2H6Si.2ClH.Zr/c1-4-9-7-8-10(5-2)11(9)6-3;1-2-4-5-3-1;1-3-2;;;/h4-7H2,1-3H3;1-5H;1-2H3;2*1H;/q2*-1;;;;+2/p-2. The van der Waals surface area contributed by atoms with Crippen molar-refractivity contribution in [2.45, 2.75) is 59.5 Å². The normalized spacial score (nSPS) is 11.9. The zero-order chi connectivity index (χ0) is 15.4. The minimum atomic E-state index is 0. The van der Waals surface area contributed by atoms with Crippen LogP contribution in [0.15, 0.2) is 47.1 Å². The molecule has 0 amide bonds. The Labute approximate surface area is 165 Å². The van der Waals surface area contributed by atoms with Gasteiger partial charge in [0.05, 0.1) is 0 Å². The Morgan fingerprint density at radius 3 is 1.82 bits per heavy atom. The molecule has 0 atom stereocenters. The molecule has 0 saturated carbocycles. The van der Waals surface area contributed by atoms with E-state index in [4.69, 9.17) is 0 Å². The molecule has 124 valence electrons. The van der Waals surface area contributed by atoms with Crippen LogP contribution in [0, 0.1) is 6.08 Å². The summed E-state index contributed by atoms with van der Waals surface area (Å²) in [5, 5.41) is 0. The summed E-state index contributed by atoms with van der Waals surface area (Å²) in [6.07, 6.45) is 8.11. The maximum atomic E-state index is 3.45. The molecule has 22 heavy (non-hydrogen) atoms. The van der Waals surface area contributed by atoms with Gasteiger partial charge in [-0.1, -0.05) is 40.0 Å². The smallest absolute Gasteiger partial charge is 0.172 e. The van der Waals surface area contributed by atoms with Gasteiger partial charge < -0.3 is 24.8 Å². The van der Waals surface area contributed by atoms with E-state index in [0.29, 0.717) is 0 Å². The first-order valence-corrected chi connectivity index (χ1v) is 13.7. The van der Waals surface area contributed by atoms with Gasteiger partial charge in [0, 0.05) is 0 Å². The Hall–Kier alpha value is 0.510. The van der Waals surface area contributed by atoms with Crippen LogP contribution in [0.5, 0.6) is 0 Å². The minimum absolute atomic E-state index is 0. The van der Waals surface area contributed by atoms with Crippen molar-refractivity contribution in [3.05, 3.63) is 53.1 Å². The number of hydrogen-bond acceptors (Lipinski definition) is 0. The molecule has 0 aromatic heterocycles. The molecule has 0 radical (unpaired) electrons. The summed E-state index contributed by atoms with van der Waals surface area (Å²) in [5.74, 6) is 0. The number of hydrogen-bond donors (Lipinski definition) is 0. The van der Waals surface area contributed by atoms with Gasteiger partial charge in [0.2, 0.25) is 0 Å². The zero-order valence-corrected chi connectivity index (χ0v) is 19.4. The molecule has 0 bridgehead atoms. The Morgan fingerprint density at radius 1 is 1.05 bits per heavy atom. The van der Waals surface area contributed by atoms with Crippen LogP contribution in [0.2, 0.25) is 13.1 Å². The predicted molar refractivity (Wildman–Crippen MR) is 88.8 cm³/mol. The second-order valence-electron chi connectivity index (χ2n) is 4.94. The van der Waals surface area contributed by atoms with E-state index < -0.39 is 0 Å². The van der Waals surface area contributed by atoms with Crippen LogP contribution in [0.3, 0.4) is 0 Å². The molecular weight excluding hydrogens is 406 g/mol. The maximum Gasteiger partial charge on any atom is -0.172 e. The fraction of sp³-hybridized carbons (Fsp3) is 0.500. The van der Waals surface area contributed by atoms with E-state index in [9.17, 15) is 0 Å². The van der Waals surface area contributed by atoms with Gasteiger partial charge in [-0.05, 0) is 0 Å². The fourth-order valence-electron chi connectivity index (χ4n) is 2.10. The van der Waals surface area contributed by atoms with E-state index in [1.807, 2.05) is 30.3 Å². The van der Waals surface area contributed by atoms with E-state index in [1.54, 1.807) is 34.5 Å². The molecule has 0 spiro atoms. The molecule has 1 aliphatic carbocycles. The van der Waals surface area contributed by atoms with E-state index in [0.717, 1.165) is 12.8 Å². The molecule has 1 aromatic carbocycles. The van der Waals surface area contributed by atoms with Crippen LogP contribution in [0.4, 0.5) is 0 Å². The third-order valence-electron chi connectivity index (χ3n) is 3.00. The molecule has 0 heterocycles. The van der Waals surface area contributed by atoms with Crippen molar-refractivity contribution in [2.24, 2.45) is 0 Å². The first-order valence-electron chi connectivity index (χ1n) is 7.56. The van der Waals surface area contributed by atoms with Gasteiger partial charge in [-0.2, -0.15) is 29.3 Å². The summed E-state index contributed by atoms with van der Waals surface area (Å²) in [4.78, 5) is 0. The quantitative estimate of drug-likeness (QED) is 0.458. The van der Waals surface area contributed by atoms with Gasteiger partial charge in [-0.15, -0.1) is 6.42 Å². The monoisotopic (exact) mass is 432 g/mol. The average Bonchev–Trinajstić information content (AvgIpc) is 3.09. The largest absolute Gasteiger partial charge is 1.00 e. The second-order valence-corrected chi connectivity index (χ2v) is 14.3. The Bertz CT molecular complexity index is 413. The first-order chi connectivity index (χ1) is 9.56. The number of halogens is 2. The molecule has 0 unspecified atom stereocenters.